The van der Waals surface area contributed by atoms with Crippen molar-refractivity contribution in [1.29, 1.82) is 0 Å². The number of rotatable bonds is 6. The van der Waals surface area contributed by atoms with Crippen molar-refractivity contribution < 1.29 is 9.50 Å². The molecule has 0 amide bonds. The predicted molar refractivity (Wildman–Crippen MR) is 79.0 cm³/mol. The van der Waals surface area contributed by atoms with Crippen LogP contribution >= 0.6 is 0 Å². The van der Waals surface area contributed by atoms with Crippen LogP contribution in [-0.2, 0) is 13.0 Å². The number of hydrogen-bond acceptors (Lipinski definition) is 2. The first-order valence-corrected chi connectivity index (χ1v) is 6.82. The van der Waals surface area contributed by atoms with E-state index in [4.69, 9.17) is 0 Å². The Balaban J connectivity index is 1.92. The lowest BCUT2D eigenvalue weighted by Gasteiger charge is -2.16. The van der Waals surface area contributed by atoms with Gasteiger partial charge in [0.25, 0.3) is 0 Å². The van der Waals surface area contributed by atoms with Gasteiger partial charge in [-0.05, 0) is 36.1 Å². The maximum atomic E-state index is 13.5. The lowest BCUT2D eigenvalue weighted by atomic mass is 10.1. The van der Waals surface area contributed by atoms with Gasteiger partial charge in [0.2, 0.25) is 0 Å². The number of nitrogens with one attached hydrogen (secondary N) is 1. The largest absolute Gasteiger partial charge is 0.395 e. The van der Waals surface area contributed by atoms with E-state index in [9.17, 15) is 9.50 Å². The summed E-state index contributed by atoms with van der Waals surface area (Å²) in [6, 6.07) is 15.2. The summed E-state index contributed by atoms with van der Waals surface area (Å²) >= 11 is 0. The number of aryl methyl sites for hydroxylation is 1. The van der Waals surface area contributed by atoms with E-state index in [2.05, 4.69) is 5.32 Å². The first-order valence-electron chi connectivity index (χ1n) is 6.82. The molecule has 2 aromatic rings. The minimum absolute atomic E-state index is 0.0261. The molecular formula is C17H20FNO. The smallest absolute Gasteiger partial charge is 0.126 e. The molecule has 0 aliphatic heterocycles. The third-order valence-electron chi connectivity index (χ3n) is 3.38. The van der Waals surface area contributed by atoms with Crippen LogP contribution in [-0.4, -0.2) is 17.8 Å². The highest BCUT2D eigenvalue weighted by molar-refractivity contribution is 5.23. The molecule has 2 N–H and O–H groups in total. The molecule has 0 radical (unpaired) electrons. The molecule has 0 aliphatic rings. The summed E-state index contributed by atoms with van der Waals surface area (Å²) in [5, 5.41) is 12.7. The first-order chi connectivity index (χ1) is 9.69. The lowest BCUT2D eigenvalue weighted by Crippen LogP contribution is -2.34. The van der Waals surface area contributed by atoms with Crippen molar-refractivity contribution in [1.82, 2.24) is 5.32 Å². The number of benzene rings is 2. The number of hydrogen-bond donors (Lipinski definition) is 2. The fourth-order valence-electron chi connectivity index (χ4n) is 2.11. The molecule has 0 spiro atoms. The van der Waals surface area contributed by atoms with Gasteiger partial charge in [0, 0.05) is 12.6 Å². The Morgan fingerprint density at radius 1 is 1.10 bits per heavy atom. The van der Waals surface area contributed by atoms with Crippen molar-refractivity contribution in [3.63, 3.8) is 0 Å². The number of aliphatic hydroxyl groups is 1. The van der Waals surface area contributed by atoms with Gasteiger partial charge in [0.15, 0.2) is 0 Å². The number of halogens is 1. The Labute approximate surface area is 119 Å². The summed E-state index contributed by atoms with van der Waals surface area (Å²) in [4.78, 5) is 0. The Morgan fingerprint density at radius 2 is 1.85 bits per heavy atom. The van der Waals surface area contributed by atoms with Gasteiger partial charge in [-0.1, -0.05) is 42.5 Å². The molecule has 0 aliphatic carbocycles. The molecule has 0 unspecified atom stereocenters. The minimum atomic E-state index is -0.187. The van der Waals surface area contributed by atoms with E-state index in [0.717, 1.165) is 12.0 Å². The van der Waals surface area contributed by atoms with E-state index >= 15 is 0 Å². The normalized spacial score (nSPS) is 12.3. The second-order valence-corrected chi connectivity index (χ2v) is 5.03. The molecule has 2 nitrogen and oxygen atoms in total. The van der Waals surface area contributed by atoms with Crippen molar-refractivity contribution >= 4 is 0 Å². The molecule has 106 valence electrons. The second kappa shape index (κ2) is 7.17. The van der Waals surface area contributed by atoms with E-state index < -0.39 is 0 Å². The Kier molecular flexibility index (Phi) is 5.27. The summed E-state index contributed by atoms with van der Waals surface area (Å²) in [6.45, 7) is 2.36. The summed E-state index contributed by atoms with van der Waals surface area (Å²) < 4.78 is 13.5. The molecular weight excluding hydrogens is 253 g/mol. The molecule has 0 aromatic heterocycles. The molecule has 0 bridgehead atoms. The topological polar surface area (TPSA) is 32.3 Å². The average molecular weight is 273 g/mol. The van der Waals surface area contributed by atoms with Gasteiger partial charge in [-0.15, -0.1) is 0 Å². The van der Waals surface area contributed by atoms with E-state index in [-0.39, 0.29) is 18.5 Å². The van der Waals surface area contributed by atoms with Crippen LogP contribution in [0.3, 0.4) is 0 Å². The first kappa shape index (κ1) is 14.7. The van der Waals surface area contributed by atoms with Crippen LogP contribution < -0.4 is 5.32 Å². The molecule has 2 aromatic carbocycles. The monoisotopic (exact) mass is 273 g/mol. The van der Waals surface area contributed by atoms with E-state index in [1.165, 1.54) is 5.56 Å². The van der Waals surface area contributed by atoms with Gasteiger partial charge in [-0.3, -0.25) is 0 Å². The van der Waals surface area contributed by atoms with Crippen LogP contribution in [0.2, 0.25) is 0 Å². The third-order valence-corrected chi connectivity index (χ3v) is 3.38. The molecule has 0 fully saturated rings. The van der Waals surface area contributed by atoms with Crippen molar-refractivity contribution in [2.24, 2.45) is 0 Å². The van der Waals surface area contributed by atoms with Crippen molar-refractivity contribution in [3.05, 3.63) is 71.0 Å². The quantitative estimate of drug-likeness (QED) is 0.848. The average Bonchev–Trinajstić information content (AvgIpc) is 2.48. The minimum Gasteiger partial charge on any atom is -0.395 e. The SMILES string of the molecule is Cc1ccc(CN[C@H](CO)Cc2ccccc2)cc1F. The zero-order valence-corrected chi connectivity index (χ0v) is 11.6. The van der Waals surface area contributed by atoms with Crippen LogP contribution in [0.15, 0.2) is 48.5 Å². The molecule has 20 heavy (non-hydrogen) atoms. The molecule has 2 rings (SSSR count). The zero-order valence-electron chi connectivity index (χ0n) is 11.6. The van der Waals surface area contributed by atoms with Gasteiger partial charge in [-0.2, -0.15) is 0 Å². The third kappa shape index (κ3) is 4.15. The van der Waals surface area contributed by atoms with Crippen LogP contribution in [0.1, 0.15) is 16.7 Å². The van der Waals surface area contributed by atoms with Gasteiger partial charge in [-0.25, -0.2) is 4.39 Å². The van der Waals surface area contributed by atoms with Gasteiger partial charge < -0.3 is 10.4 Å². The molecule has 3 heteroatoms. The van der Waals surface area contributed by atoms with Crippen LogP contribution in [0.4, 0.5) is 4.39 Å². The fraction of sp³-hybridized carbons (Fsp3) is 0.294. The van der Waals surface area contributed by atoms with Crippen molar-refractivity contribution in [2.75, 3.05) is 6.61 Å². The Bertz CT molecular complexity index is 542. The Hall–Kier alpha value is -1.71. The highest BCUT2D eigenvalue weighted by Crippen LogP contribution is 2.10. The van der Waals surface area contributed by atoms with Crippen molar-refractivity contribution in [2.45, 2.75) is 25.9 Å². The van der Waals surface area contributed by atoms with Gasteiger partial charge in [0.05, 0.1) is 6.61 Å². The number of aliphatic hydroxyl groups excluding tert-OH is 1. The maximum Gasteiger partial charge on any atom is 0.126 e. The highest BCUT2D eigenvalue weighted by Gasteiger charge is 2.08. The fourth-order valence-corrected chi connectivity index (χ4v) is 2.11. The molecule has 0 saturated heterocycles. The van der Waals surface area contributed by atoms with Crippen LogP contribution in [0.25, 0.3) is 0 Å². The summed E-state index contributed by atoms with van der Waals surface area (Å²) in [6.07, 6.45) is 0.756. The summed E-state index contributed by atoms with van der Waals surface area (Å²) in [5.41, 5.74) is 2.71. The molecule has 1 atom stereocenters. The van der Waals surface area contributed by atoms with Gasteiger partial charge in [0.1, 0.15) is 5.82 Å². The van der Waals surface area contributed by atoms with Crippen LogP contribution in [0.5, 0.6) is 0 Å². The Morgan fingerprint density at radius 3 is 2.50 bits per heavy atom. The maximum absolute atomic E-state index is 13.5. The van der Waals surface area contributed by atoms with E-state index in [1.807, 2.05) is 36.4 Å². The van der Waals surface area contributed by atoms with Crippen molar-refractivity contribution in [3.8, 4) is 0 Å². The molecule has 0 heterocycles. The zero-order chi connectivity index (χ0) is 14.4. The van der Waals surface area contributed by atoms with E-state index in [1.54, 1.807) is 19.1 Å². The van der Waals surface area contributed by atoms with Gasteiger partial charge >= 0.3 is 0 Å². The summed E-state index contributed by atoms with van der Waals surface area (Å²) in [5.74, 6) is -0.187. The highest BCUT2D eigenvalue weighted by atomic mass is 19.1. The second-order valence-electron chi connectivity index (χ2n) is 5.03. The molecule has 0 saturated carbocycles. The van der Waals surface area contributed by atoms with Crippen LogP contribution in [0, 0.1) is 12.7 Å². The summed E-state index contributed by atoms with van der Waals surface area (Å²) in [7, 11) is 0. The predicted octanol–water partition coefficient (Wildman–Crippen LogP) is 2.83. The standard InChI is InChI=1S/C17H20FNO/c1-13-7-8-15(10-17(13)18)11-19-16(12-20)9-14-5-3-2-4-6-14/h2-8,10,16,19-20H,9,11-12H2,1H3/t16-/m0/s1. The lowest BCUT2D eigenvalue weighted by molar-refractivity contribution is 0.241. The van der Waals surface area contributed by atoms with E-state index in [0.29, 0.717) is 12.1 Å².